The Morgan fingerprint density at radius 2 is 1.94 bits per heavy atom. The lowest BCUT2D eigenvalue weighted by molar-refractivity contribution is -0.119. The van der Waals surface area contributed by atoms with Gasteiger partial charge in [0.15, 0.2) is 0 Å². The highest BCUT2D eigenvalue weighted by molar-refractivity contribution is 7.51. The van der Waals surface area contributed by atoms with E-state index in [2.05, 4.69) is 5.32 Å². The van der Waals surface area contributed by atoms with Crippen molar-refractivity contribution in [2.75, 3.05) is 6.16 Å². The second-order valence-electron chi connectivity index (χ2n) is 4.45. The molecule has 0 aromatic heterocycles. The monoisotopic (exact) mass is 252 g/mol. The summed E-state index contributed by atoms with van der Waals surface area (Å²) >= 11 is 0. The van der Waals surface area contributed by atoms with Gasteiger partial charge in [-0.05, 0) is 12.3 Å². The number of amides is 1. The molecule has 0 radical (unpaired) electrons. The second-order valence-corrected chi connectivity index (χ2v) is 6.14. The highest BCUT2D eigenvalue weighted by Gasteiger charge is 2.27. The molecule has 0 rings (SSSR count). The van der Waals surface area contributed by atoms with Crippen LogP contribution in [0.15, 0.2) is 0 Å². The molecule has 1 amide bonds. The Labute approximate surface area is 95.8 Å². The van der Waals surface area contributed by atoms with Crippen molar-refractivity contribution < 1.29 is 19.1 Å². The molecule has 7 heteroatoms. The number of nitrogens with two attached hydrogens (primary N) is 1. The fourth-order valence-electron chi connectivity index (χ4n) is 1.51. The summed E-state index contributed by atoms with van der Waals surface area (Å²) in [4.78, 5) is 28.7. The SMILES string of the molecule is CC(=O)NC(CP(=O)(O)O)C(N)CC(C)C. The third kappa shape index (κ3) is 7.82. The van der Waals surface area contributed by atoms with Gasteiger partial charge in [0.05, 0.1) is 12.2 Å². The molecule has 0 heterocycles. The second kappa shape index (κ2) is 6.35. The van der Waals surface area contributed by atoms with Gasteiger partial charge < -0.3 is 20.8 Å². The summed E-state index contributed by atoms with van der Waals surface area (Å²) in [5, 5.41) is 2.49. The van der Waals surface area contributed by atoms with Crippen LogP contribution in [0.3, 0.4) is 0 Å². The maximum absolute atomic E-state index is 10.9. The molecule has 0 saturated heterocycles. The predicted octanol–water partition coefficient (Wildman–Crippen LogP) is 0.0422. The van der Waals surface area contributed by atoms with Crippen LogP contribution < -0.4 is 11.1 Å². The van der Waals surface area contributed by atoms with Crippen LogP contribution in [-0.4, -0.2) is 33.9 Å². The third-order valence-corrected chi connectivity index (χ3v) is 2.95. The molecule has 0 aliphatic carbocycles. The minimum atomic E-state index is -4.17. The fraction of sp³-hybridized carbons (Fsp3) is 0.889. The summed E-state index contributed by atoms with van der Waals surface area (Å²) in [5.74, 6) is -0.0271. The topological polar surface area (TPSA) is 113 Å². The molecule has 6 nitrogen and oxygen atoms in total. The van der Waals surface area contributed by atoms with Crippen LogP contribution in [0.2, 0.25) is 0 Å². The number of hydrogen-bond donors (Lipinski definition) is 4. The van der Waals surface area contributed by atoms with E-state index < -0.39 is 25.8 Å². The summed E-state index contributed by atoms with van der Waals surface area (Å²) in [7, 11) is -4.17. The smallest absolute Gasteiger partial charge is 0.327 e. The molecule has 2 unspecified atom stereocenters. The number of rotatable bonds is 6. The first-order valence-electron chi connectivity index (χ1n) is 5.19. The van der Waals surface area contributed by atoms with Crippen molar-refractivity contribution in [2.24, 2.45) is 11.7 Å². The third-order valence-electron chi connectivity index (χ3n) is 2.08. The van der Waals surface area contributed by atoms with Crippen LogP contribution in [0.5, 0.6) is 0 Å². The van der Waals surface area contributed by atoms with Crippen LogP contribution in [0.25, 0.3) is 0 Å². The van der Waals surface area contributed by atoms with Crippen LogP contribution >= 0.6 is 7.60 Å². The first kappa shape index (κ1) is 15.6. The Morgan fingerprint density at radius 1 is 1.44 bits per heavy atom. The van der Waals surface area contributed by atoms with Gasteiger partial charge in [-0.15, -0.1) is 0 Å². The molecule has 0 aromatic carbocycles. The van der Waals surface area contributed by atoms with E-state index in [1.54, 1.807) is 0 Å². The van der Waals surface area contributed by atoms with E-state index in [1.165, 1.54) is 6.92 Å². The average molecular weight is 252 g/mol. The van der Waals surface area contributed by atoms with Gasteiger partial charge in [0.1, 0.15) is 0 Å². The van der Waals surface area contributed by atoms with Crippen molar-refractivity contribution in [3.63, 3.8) is 0 Å². The van der Waals surface area contributed by atoms with Gasteiger partial charge in [-0.25, -0.2) is 0 Å². The van der Waals surface area contributed by atoms with E-state index in [1.807, 2.05) is 13.8 Å². The normalized spacial score (nSPS) is 15.9. The number of hydrogen-bond acceptors (Lipinski definition) is 3. The van der Waals surface area contributed by atoms with E-state index in [-0.39, 0.29) is 5.91 Å². The molecule has 5 N–H and O–H groups in total. The van der Waals surface area contributed by atoms with Gasteiger partial charge in [-0.2, -0.15) is 0 Å². The molecule has 0 bridgehead atoms. The summed E-state index contributed by atoms with van der Waals surface area (Å²) in [5.41, 5.74) is 5.82. The lowest BCUT2D eigenvalue weighted by atomic mass is 9.99. The maximum atomic E-state index is 10.9. The fourth-order valence-corrected chi connectivity index (χ4v) is 2.39. The van der Waals surface area contributed by atoms with E-state index in [0.29, 0.717) is 12.3 Å². The van der Waals surface area contributed by atoms with Crippen molar-refractivity contribution >= 4 is 13.5 Å². The van der Waals surface area contributed by atoms with E-state index in [0.717, 1.165) is 0 Å². The van der Waals surface area contributed by atoms with Gasteiger partial charge in [0, 0.05) is 13.0 Å². The summed E-state index contributed by atoms with van der Waals surface area (Å²) in [6.45, 7) is 5.22. The largest absolute Gasteiger partial charge is 0.351 e. The molecular formula is C9H21N2O4P. The zero-order valence-electron chi connectivity index (χ0n) is 9.88. The maximum Gasteiger partial charge on any atom is 0.327 e. The molecule has 0 aromatic rings. The Kier molecular flexibility index (Phi) is 6.18. The highest BCUT2D eigenvalue weighted by atomic mass is 31.2. The Bertz CT molecular complexity index is 277. The molecule has 0 spiro atoms. The van der Waals surface area contributed by atoms with E-state index in [4.69, 9.17) is 15.5 Å². The lowest BCUT2D eigenvalue weighted by Crippen LogP contribution is -2.49. The van der Waals surface area contributed by atoms with Crippen LogP contribution in [-0.2, 0) is 9.36 Å². The van der Waals surface area contributed by atoms with Crippen LogP contribution in [0, 0.1) is 5.92 Å². The number of nitrogens with one attached hydrogen (secondary N) is 1. The molecular weight excluding hydrogens is 231 g/mol. The molecule has 16 heavy (non-hydrogen) atoms. The van der Waals surface area contributed by atoms with Gasteiger partial charge >= 0.3 is 7.60 Å². The van der Waals surface area contributed by atoms with Gasteiger partial charge in [-0.3, -0.25) is 9.36 Å². The van der Waals surface area contributed by atoms with Crippen LogP contribution in [0.4, 0.5) is 0 Å². The molecule has 0 fully saturated rings. The minimum absolute atomic E-state index is 0.308. The molecule has 0 aliphatic rings. The first-order chi connectivity index (χ1) is 7.11. The zero-order chi connectivity index (χ0) is 12.9. The predicted molar refractivity (Wildman–Crippen MR) is 61.9 cm³/mol. The summed E-state index contributed by atoms with van der Waals surface area (Å²) < 4.78 is 10.9. The Morgan fingerprint density at radius 3 is 2.25 bits per heavy atom. The van der Waals surface area contributed by atoms with Gasteiger partial charge in [0.25, 0.3) is 0 Å². The molecule has 0 saturated carbocycles. The summed E-state index contributed by atoms with van der Waals surface area (Å²) in [6, 6.07) is -1.13. The number of carbonyl (C=O) groups excluding carboxylic acids is 1. The highest BCUT2D eigenvalue weighted by Crippen LogP contribution is 2.35. The van der Waals surface area contributed by atoms with Crippen molar-refractivity contribution in [3.05, 3.63) is 0 Å². The number of carbonyl (C=O) groups is 1. The van der Waals surface area contributed by atoms with Gasteiger partial charge in [0.2, 0.25) is 5.91 Å². The zero-order valence-corrected chi connectivity index (χ0v) is 10.8. The van der Waals surface area contributed by atoms with Crippen molar-refractivity contribution in [1.82, 2.24) is 5.32 Å². The van der Waals surface area contributed by atoms with E-state index >= 15 is 0 Å². The van der Waals surface area contributed by atoms with Crippen LogP contribution in [0.1, 0.15) is 27.2 Å². The van der Waals surface area contributed by atoms with Gasteiger partial charge in [-0.1, -0.05) is 13.8 Å². The minimum Gasteiger partial charge on any atom is -0.351 e. The standard InChI is InChI=1S/C9H21N2O4P/c1-6(2)4-8(10)9(11-7(3)12)5-16(13,14)15/h6,8-9H,4-5,10H2,1-3H3,(H,11,12)(H2,13,14,15). The lowest BCUT2D eigenvalue weighted by Gasteiger charge is -2.26. The van der Waals surface area contributed by atoms with Crippen molar-refractivity contribution in [1.29, 1.82) is 0 Å². The Hall–Kier alpha value is -0.420. The Balaban J connectivity index is 4.53. The van der Waals surface area contributed by atoms with Crippen molar-refractivity contribution in [2.45, 2.75) is 39.3 Å². The quantitative estimate of drug-likeness (QED) is 0.499. The molecule has 96 valence electrons. The first-order valence-corrected chi connectivity index (χ1v) is 6.99. The molecule has 0 aliphatic heterocycles. The summed E-state index contributed by atoms with van der Waals surface area (Å²) in [6.07, 6.45) is 0.186. The van der Waals surface area contributed by atoms with Crippen molar-refractivity contribution in [3.8, 4) is 0 Å². The molecule has 2 atom stereocenters. The average Bonchev–Trinajstić information content (AvgIpc) is 1.97. The van der Waals surface area contributed by atoms with E-state index in [9.17, 15) is 9.36 Å².